The quantitative estimate of drug-likeness (QED) is 0.805. The summed E-state index contributed by atoms with van der Waals surface area (Å²) in [6.45, 7) is -0.0597. The molecule has 0 bridgehead atoms. The van der Waals surface area contributed by atoms with Crippen molar-refractivity contribution in [1.82, 2.24) is 5.32 Å². The molecule has 0 aliphatic heterocycles. The highest BCUT2D eigenvalue weighted by Gasteiger charge is 2.10. The van der Waals surface area contributed by atoms with E-state index in [1.807, 2.05) is 0 Å². The molecular weight excluding hydrogens is 314 g/mol. The van der Waals surface area contributed by atoms with Crippen LogP contribution in [0, 0.1) is 11.6 Å². The molecular formula is C15H13ClF2N2O2. The smallest absolute Gasteiger partial charge is 0.319 e. The highest BCUT2D eigenvalue weighted by molar-refractivity contribution is 6.30. The number of carbonyl (C=O) groups excluding carboxylic acids is 1. The van der Waals surface area contributed by atoms with Crippen molar-refractivity contribution in [2.24, 2.45) is 0 Å². The van der Waals surface area contributed by atoms with Crippen LogP contribution >= 0.6 is 11.6 Å². The Bertz CT molecular complexity index is 682. The second-order valence-corrected chi connectivity index (χ2v) is 4.97. The molecule has 0 saturated heterocycles. The zero-order chi connectivity index (χ0) is 16.1. The summed E-state index contributed by atoms with van der Waals surface area (Å²) < 4.78 is 25.8. The van der Waals surface area contributed by atoms with Crippen molar-refractivity contribution in [3.63, 3.8) is 0 Å². The van der Waals surface area contributed by atoms with Crippen molar-refractivity contribution in [2.45, 2.75) is 6.10 Å². The first-order valence-corrected chi connectivity index (χ1v) is 6.77. The predicted octanol–water partition coefficient (Wildman–Crippen LogP) is 3.47. The van der Waals surface area contributed by atoms with Gasteiger partial charge in [-0.3, -0.25) is 0 Å². The van der Waals surface area contributed by atoms with E-state index in [0.717, 1.165) is 12.1 Å². The third-order valence-electron chi connectivity index (χ3n) is 2.87. The van der Waals surface area contributed by atoms with Crippen LogP contribution in [0.4, 0.5) is 19.3 Å². The zero-order valence-electron chi connectivity index (χ0n) is 11.3. The van der Waals surface area contributed by atoms with Gasteiger partial charge in [0.15, 0.2) is 11.6 Å². The average Bonchev–Trinajstić information content (AvgIpc) is 2.48. The van der Waals surface area contributed by atoms with E-state index >= 15 is 0 Å². The topological polar surface area (TPSA) is 61.4 Å². The van der Waals surface area contributed by atoms with E-state index in [1.165, 1.54) is 6.07 Å². The average molecular weight is 327 g/mol. The Hall–Kier alpha value is -2.18. The molecule has 0 aromatic heterocycles. The Balaban J connectivity index is 1.88. The van der Waals surface area contributed by atoms with Crippen LogP contribution in [-0.2, 0) is 0 Å². The number of amides is 2. The molecule has 7 heteroatoms. The number of halogens is 3. The van der Waals surface area contributed by atoms with Crippen LogP contribution in [0.2, 0.25) is 5.02 Å². The van der Waals surface area contributed by atoms with E-state index in [-0.39, 0.29) is 12.2 Å². The highest BCUT2D eigenvalue weighted by Crippen LogP contribution is 2.17. The SMILES string of the molecule is O=C(NC[C@@H](O)c1cccc(Cl)c1)Nc1ccc(F)c(F)c1. The summed E-state index contributed by atoms with van der Waals surface area (Å²) in [6, 6.07) is 8.96. The number of aliphatic hydroxyl groups is 1. The van der Waals surface area contributed by atoms with E-state index in [9.17, 15) is 18.7 Å². The Morgan fingerprint density at radius 2 is 1.95 bits per heavy atom. The van der Waals surface area contributed by atoms with Crippen molar-refractivity contribution in [3.8, 4) is 0 Å². The fourth-order valence-corrected chi connectivity index (χ4v) is 1.97. The van der Waals surface area contributed by atoms with Crippen LogP contribution < -0.4 is 10.6 Å². The summed E-state index contributed by atoms with van der Waals surface area (Å²) in [5.41, 5.74) is 0.661. The maximum absolute atomic E-state index is 13.0. The molecule has 2 rings (SSSR count). The van der Waals surface area contributed by atoms with Gasteiger partial charge in [0.1, 0.15) is 0 Å². The number of carbonyl (C=O) groups is 1. The predicted molar refractivity (Wildman–Crippen MR) is 79.8 cm³/mol. The Kier molecular flexibility index (Phi) is 5.30. The van der Waals surface area contributed by atoms with Crippen LogP contribution in [0.5, 0.6) is 0 Å². The second-order valence-electron chi connectivity index (χ2n) is 4.53. The second kappa shape index (κ2) is 7.20. The molecule has 4 nitrogen and oxygen atoms in total. The molecule has 0 aliphatic carbocycles. The third-order valence-corrected chi connectivity index (χ3v) is 3.10. The monoisotopic (exact) mass is 326 g/mol. The van der Waals surface area contributed by atoms with E-state index in [4.69, 9.17) is 11.6 Å². The molecule has 0 radical (unpaired) electrons. The first-order valence-electron chi connectivity index (χ1n) is 6.39. The molecule has 0 unspecified atom stereocenters. The lowest BCUT2D eigenvalue weighted by molar-refractivity contribution is 0.175. The lowest BCUT2D eigenvalue weighted by Gasteiger charge is -2.13. The van der Waals surface area contributed by atoms with Gasteiger partial charge in [0.2, 0.25) is 0 Å². The maximum Gasteiger partial charge on any atom is 0.319 e. The number of nitrogens with one attached hydrogen (secondary N) is 2. The molecule has 116 valence electrons. The summed E-state index contributed by atoms with van der Waals surface area (Å²) in [4.78, 5) is 11.6. The Morgan fingerprint density at radius 1 is 1.18 bits per heavy atom. The van der Waals surface area contributed by atoms with Gasteiger partial charge in [-0.15, -0.1) is 0 Å². The number of rotatable bonds is 4. The number of benzene rings is 2. The molecule has 2 aromatic carbocycles. The van der Waals surface area contributed by atoms with Crippen LogP contribution in [0.25, 0.3) is 0 Å². The van der Waals surface area contributed by atoms with Gasteiger partial charge in [0.25, 0.3) is 0 Å². The molecule has 1 atom stereocenters. The lowest BCUT2D eigenvalue weighted by Crippen LogP contribution is -2.32. The number of hydrogen-bond acceptors (Lipinski definition) is 2. The van der Waals surface area contributed by atoms with E-state index in [1.54, 1.807) is 24.3 Å². The zero-order valence-corrected chi connectivity index (χ0v) is 12.1. The summed E-state index contributed by atoms with van der Waals surface area (Å²) in [5, 5.41) is 15.2. The number of urea groups is 1. The van der Waals surface area contributed by atoms with Crippen LogP contribution in [0.3, 0.4) is 0 Å². The highest BCUT2D eigenvalue weighted by atomic mass is 35.5. The van der Waals surface area contributed by atoms with Gasteiger partial charge >= 0.3 is 6.03 Å². The van der Waals surface area contributed by atoms with Crippen LogP contribution in [0.15, 0.2) is 42.5 Å². The van der Waals surface area contributed by atoms with Crippen molar-refractivity contribution < 1.29 is 18.7 Å². The minimum atomic E-state index is -1.06. The van der Waals surface area contributed by atoms with Crippen molar-refractivity contribution >= 4 is 23.3 Å². The minimum absolute atomic E-state index is 0.0597. The molecule has 0 aliphatic rings. The van der Waals surface area contributed by atoms with Crippen LogP contribution in [-0.4, -0.2) is 17.7 Å². The van der Waals surface area contributed by atoms with E-state index in [2.05, 4.69) is 10.6 Å². The first-order chi connectivity index (χ1) is 10.5. The van der Waals surface area contributed by atoms with E-state index < -0.39 is 23.8 Å². The number of aliphatic hydroxyl groups excluding tert-OH is 1. The first kappa shape index (κ1) is 16.2. The van der Waals surface area contributed by atoms with Crippen LogP contribution in [0.1, 0.15) is 11.7 Å². The maximum atomic E-state index is 13.0. The lowest BCUT2D eigenvalue weighted by atomic mass is 10.1. The molecule has 0 spiro atoms. The Morgan fingerprint density at radius 3 is 2.64 bits per heavy atom. The molecule has 3 N–H and O–H groups in total. The number of anilines is 1. The van der Waals surface area contributed by atoms with Gasteiger partial charge in [-0.25, -0.2) is 13.6 Å². The summed E-state index contributed by atoms with van der Waals surface area (Å²) >= 11 is 5.81. The van der Waals surface area contributed by atoms with Gasteiger partial charge < -0.3 is 15.7 Å². The van der Waals surface area contributed by atoms with Crippen molar-refractivity contribution in [2.75, 3.05) is 11.9 Å². The van der Waals surface area contributed by atoms with Gasteiger partial charge in [0.05, 0.1) is 6.10 Å². The largest absolute Gasteiger partial charge is 0.387 e. The molecule has 2 amide bonds. The fraction of sp³-hybridized carbons (Fsp3) is 0.133. The molecule has 22 heavy (non-hydrogen) atoms. The van der Waals surface area contributed by atoms with Gasteiger partial charge in [-0.2, -0.15) is 0 Å². The summed E-state index contributed by atoms with van der Waals surface area (Å²) in [7, 11) is 0. The summed E-state index contributed by atoms with van der Waals surface area (Å²) in [6.07, 6.45) is -0.936. The fourth-order valence-electron chi connectivity index (χ4n) is 1.77. The number of hydrogen-bond donors (Lipinski definition) is 3. The standard InChI is InChI=1S/C15H13ClF2N2O2/c16-10-3-1-2-9(6-10)14(21)8-19-15(22)20-11-4-5-12(17)13(18)7-11/h1-7,14,21H,8H2,(H2,19,20,22)/t14-/m1/s1. The van der Waals surface area contributed by atoms with E-state index in [0.29, 0.717) is 10.6 Å². The molecule has 0 saturated carbocycles. The summed E-state index contributed by atoms with van der Waals surface area (Å²) in [5.74, 6) is -2.06. The van der Waals surface area contributed by atoms with Gasteiger partial charge in [-0.05, 0) is 29.8 Å². The minimum Gasteiger partial charge on any atom is -0.387 e. The van der Waals surface area contributed by atoms with Crippen molar-refractivity contribution in [3.05, 3.63) is 64.7 Å². The molecule has 0 heterocycles. The van der Waals surface area contributed by atoms with Gasteiger partial charge in [0, 0.05) is 23.3 Å². The van der Waals surface area contributed by atoms with Gasteiger partial charge in [-0.1, -0.05) is 23.7 Å². The molecule has 0 fully saturated rings. The third kappa shape index (κ3) is 4.41. The normalized spacial score (nSPS) is 11.8. The Labute approximate surface area is 130 Å². The molecule has 2 aromatic rings. The van der Waals surface area contributed by atoms with Crippen molar-refractivity contribution in [1.29, 1.82) is 0 Å².